The topological polar surface area (TPSA) is 97.7 Å². The number of H-pyrrole nitrogens is 1. The van der Waals surface area contributed by atoms with E-state index < -0.39 is 0 Å². The zero-order valence-electron chi connectivity index (χ0n) is 18.0. The lowest BCUT2D eigenvalue weighted by molar-refractivity contribution is 0.0937. The molecule has 4 aromatic heterocycles. The number of carbonyl (C=O) groups is 1. The Morgan fingerprint density at radius 1 is 1.21 bits per heavy atom. The lowest BCUT2D eigenvalue weighted by Gasteiger charge is -2.02. The van der Waals surface area contributed by atoms with Crippen molar-refractivity contribution in [2.45, 2.75) is 6.54 Å². The van der Waals surface area contributed by atoms with Gasteiger partial charge >= 0.3 is 0 Å². The van der Waals surface area contributed by atoms with Gasteiger partial charge in [0.15, 0.2) is 5.01 Å². The molecule has 0 aliphatic rings. The van der Waals surface area contributed by atoms with Gasteiger partial charge in [-0.3, -0.25) is 9.48 Å². The third-order valence-corrected chi connectivity index (χ3v) is 6.09. The highest BCUT2D eigenvalue weighted by Crippen LogP contribution is 2.31. The van der Waals surface area contributed by atoms with E-state index in [1.165, 1.54) is 16.9 Å². The monoisotopic (exact) mass is 458 g/mol. The molecular formula is C24H22N6O2S. The summed E-state index contributed by atoms with van der Waals surface area (Å²) in [6.45, 7) is 1.62. The Morgan fingerprint density at radius 2 is 2.09 bits per heavy atom. The van der Waals surface area contributed by atoms with E-state index in [2.05, 4.69) is 37.5 Å². The van der Waals surface area contributed by atoms with Crippen molar-refractivity contribution in [1.82, 2.24) is 30.0 Å². The number of carbonyl (C=O) groups excluding carboxylic acids is 1. The number of fused-ring (bicyclic) bond motifs is 1. The molecule has 2 N–H and O–H groups in total. The van der Waals surface area contributed by atoms with Crippen LogP contribution >= 0.6 is 11.3 Å². The summed E-state index contributed by atoms with van der Waals surface area (Å²) in [5.41, 5.74) is 5.59. The van der Waals surface area contributed by atoms with E-state index >= 15 is 0 Å². The van der Waals surface area contributed by atoms with E-state index in [0.717, 1.165) is 33.4 Å². The lowest BCUT2D eigenvalue weighted by Crippen LogP contribution is -2.26. The summed E-state index contributed by atoms with van der Waals surface area (Å²) in [6, 6.07) is 12.3. The van der Waals surface area contributed by atoms with E-state index in [4.69, 9.17) is 4.74 Å². The van der Waals surface area contributed by atoms with Crippen LogP contribution in [0, 0.1) is 0 Å². The summed E-state index contributed by atoms with van der Waals surface area (Å²) < 4.78 is 6.89. The van der Waals surface area contributed by atoms with Gasteiger partial charge in [0.1, 0.15) is 5.65 Å². The molecular weight excluding hydrogens is 436 g/mol. The summed E-state index contributed by atoms with van der Waals surface area (Å²) >= 11 is 1.31. The average Bonchev–Trinajstić information content (AvgIpc) is 3.59. The maximum absolute atomic E-state index is 12.3. The Kier molecular flexibility index (Phi) is 5.97. The number of pyridine rings is 1. The number of methoxy groups -OCH3 is 1. The number of thiazole rings is 1. The number of amides is 1. The molecule has 0 fully saturated rings. The fraction of sp³-hybridized carbons (Fsp3) is 0.167. The molecule has 0 bridgehead atoms. The van der Waals surface area contributed by atoms with Crippen LogP contribution in [0.3, 0.4) is 0 Å². The number of rotatable bonds is 8. The molecule has 5 aromatic rings. The van der Waals surface area contributed by atoms with Crippen molar-refractivity contribution in [3.63, 3.8) is 0 Å². The van der Waals surface area contributed by atoms with Crippen LogP contribution in [0.1, 0.15) is 15.4 Å². The number of nitrogens with one attached hydrogen (secondary N) is 2. The standard InChI is InChI=1S/C24H22N6O2S/c1-32-8-7-25-23(31)24-29-21(15-33-24)17-9-19-20(12-27-22(19)26-10-17)18-11-28-30(14-18)13-16-5-3-2-4-6-16/h2-6,9-12,14-15H,7-8,13H2,1H3,(H,25,31)(H,26,27). The summed E-state index contributed by atoms with van der Waals surface area (Å²) in [7, 11) is 1.60. The van der Waals surface area contributed by atoms with Crippen molar-refractivity contribution in [1.29, 1.82) is 0 Å². The number of ether oxygens (including phenoxy) is 1. The number of aromatic amines is 1. The van der Waals surface area contributed by atoms with Gasteiger partial charge in [-0.05, 0) is 11.6 Å². The molecule has 1 aromatic carbocycles. The fourth-order valence-corrected chi connectivity index (χ4v) is 4.34. The van der Waals surface area contributed by atoms with Crippen LogP contribution in [0.2, 0.25) is 0 Å². The van der Waals surface area contributed by atoms with Crippen LogP contribution in [0.25, 0.3) is 33.4 Å². The molecule has 0 atom stereocenters. The third kappa shape index (κ3) is 4.55. The minimum Gasteiger partial charge on any atom is -0.383 e. The fourth-order valence-electron chi connectivity index (χ4n) is 3.59. The highest BCUT2D eigenvalue weighted by atomic mass is 32.1. The van der Waals surface area contributed by atoms with Gasteiger partial charge in [0.2, 0.25) is 0 Å². The molecule has 0 aliphatic carbocycles. The molecule has 0 radical (unpaired) electrons. The van der Waals surface area contributed by atoms with Gasteiger partial charge in [0, 0.05) is 59.7 Å². The molecule has 4 heterocycles. The summed E-state index contributed by atoms with van der Waals surface area (Å²) in [5.74, 6) is -0.203. The van der Waals surface area contributed by atoms with E-state index in [0.29, 0.717) is 24.7 Å². The van der Waals surface area contributed by atoms with E-state index in [9.17, 15) is 4.79 Å². The number of nitrogens with zero attached hydrogens (tertiary/aromatic N) is 4. The Hall–Kier alpha value is -3.82. The minimum absolute atomic E-state index is 0.203. The SMILES string of the molecule is COCCNC(=O)c1nc(-c2cnc3[nH]cc(-c4cnn(Cc5ccccc5)c4)c3c2)cs1. The molecule has 0 unspecified atom stereocenters. The zero-order valence-corrected chi connectivity index (χ0v) is 18.8. The smallest absolute Gasteiger partial charge is 0.280 e. The van der Waals surface area contributed by atoms with Gasteiger partial charge in [-0.1, -0.05) is 30.3 Å². The number of hydrogen-bond donors (Lipinski definition) is 2. The van der Waals surface area contributed by atoms with Crippen LogP contribution in [-0.4, -0.2) is 50.9 Å². The van der Waals surface area contributed by atoms with Crippen LogP contribution < -0.4 is 5.32 Å². The highest BCUT2D eigenvalue weighted by Gasteiger charge is 2.15. The zero-order chi connectivity index (χ0) is 22.6. The van der Waals surface area contributed by atoms with Gasteiger partial charge in [-0.25, -0.2) is 9.97 Å². The molecule has 9 heteroatoms. The second-order valence-electron chi connectivity index (χ2n) is 7.52. The molecule has 8 nitrogen and oxygen atoms in total. The molecule has 0 aliphatic heterocycles. The molecule has 166 valence electrons. The quantitative estimate of drug-likeness (QED) is 0.343. The number of hydrogen-bond acceptors (Lipinski definition) is 6. The second-order valence-corrected chi connectivity index (χ2v) is 8.38. The Balaban J connectivity index is 1.39. The summed E-state index contributed by atoms with van der Waals surface area (Å²) in [5, 5.41) is 10.6. The first-order valence-electron chi connectivity index (χ1n) is 10.5. The van der Waals surface area contributed by atoms with E-state index in [-0.39, 0.29) is 5.91 Å². The van der Waals surface area contributed by atoms with Crippen LogP contribution in [0.15, 0.2) is 66.6 Å². The molecule has 33 heavy (non-hydrogen) atoms. The molecule has 5 rings (SSSR count). The largest absolute Gasteiger partial charge is 0.383 e. The first kappa shape index (κ1) is 21.0. The van der Waals surface area contributed by atoms with Crippen molar-refractivity contribution >= 4 is 28.3 Å². The van der Waals surface area contributed by atoms with Gasteiger partial charge in [-0.2, -0.15) is 5.10 Å². The highest BCUT2D eigenvalue weighted by molar-refractivity contribution is 7.12. The van der Waals surface area contributed by atoms with Gasteiger partial charge < -0.3 is 15.0 Å². The van der Waals surface area contributed by atoms with Crippen molar-refractivity contribution in [2.24, 2.45) is 0 Å². The summed E-state index contributed by atoms with van der Waals surface area (Å²) in [6.07, 6.45) is 7.61. The Bertz CT molecular complexity index is 1390. The normalized spacial score (nSPS) is 11.2. The first-order valence-corrected chi connectivity index (χ1v) is 11.4. The molecule has 0 saturated heterocycles. The van der Waals surface area contributed by atoms with Crippen LogP contribution in [-0.2, 0) is 11.3 Å². The Morgan fingerprint density at radius 3 is 2.94 bits per heavy atom. The van der Waals surface area contributed by atoms with Crippen molar-refractivity contribution in [2.75, 3.05) is 20.3 Å². The predicted molar refractivity (Wildman–Crippen MR) is 128 cm³/mol. The van der Waals surface area contributed by atoms with E-state index in [1.807, 2.05) is 52.9 Å². The number of benzene rings is 1. The van der Waals surface area contributed by atoms with E-state index in [1.54, 1.807) is 13.3 Å². The second kappa shape index (κ2) is 9.35. The van der Waals surface area contributed by atoms with Crippen molar-refractivity contribution in [3.8, 4) is 22.4 Å². The van der Waals surface area contributed by atoms with Gasteiger partial charge in [-0.15, -0.1) is 11.3 Å². The Labute approximate surface area is 194 Å². The van der Waals surface area contributed by atoms with Crippen LogP contribution in [0.5, 0.6) is 0 Å². The summed E-state index contributed by atoms with van der Waals surface area (Å²) in [4.78, 5) is 24.6. The van der Waals surface area contributed by atoms with Crippen molar-refractivity contribution < 1.29 is 9.53 Å². The van der Waals surface area contributed by atoms with Crippen LogP contribution in [0.4, 0.5) is 0 Å². The average molecular weight is 459 g/mol. The van der Waals surface area contributed by atoms with Crippen molar-refractivity contribution in [3.05, 3.63) is 77.1 Å². The molecule has 0 saturated carbocycles. The van der Waals surface area contributed by atoms with Gasteiger partial charge in [0.25, 0.3) is 5.91 Å². The minimum atomic E-state index is -0.203. The molecule has 0 spiro atoms. The predicted octanol–water partition coefficient (Wildman–Crippen LogP) is 3.97. The molecule has 1 amide bonds. The lowest BCUT2D eigenvalue weighted by atomic mass is 10.1. The third-order valence-electron chi connectivity index (χ3n) is 5.25. The maximum Gasteiger partial charge on any atom is 0.280 e. The van der Waals surface area contributed by atoms with Gasteiger partial charge in [0.05, 0.1) is 25.0 Å². The number of aromatic nitrogens is 5. The maximum atomic E-state index is 12.3. The first-order chi connectivity index (χ1) is 16.2.